The van der Waals surface area contributed by atoms with Gasteiger partial charge in [-0.1, -0.05) is 26.2 Å². The molecule has 94 valence electrons. The molecule has 17 heavy (non-hydrogen) atoms. The number of carbonyl (C=O) groups excluding carboxylic acids is 1. The van der Waals surface area contributed by atoms with Gasteiger partial charge in [0.1, 0.15) is 0 Å². The molecule has 1 aliphatic carbocycles. The molecule has 0 atom stereocenters. The van der Waals surface area contributed by atoms with Crippen LogP contribution in [-0.2, 0) is 11.8 Å². The molecular weight excluding hydrogens is 216 g/mol. The second-order valence-electron chi connectivity index (χ2n) is 5.15. The number of nitrogens with two attached hydrogens (primary N) is 1. The van der Waals surface area contributed by atoms with E-state index in [1.807, 2.05) is 6.92 Å². The highest BCUT2D eigenvalue weighted by Gasteiger charge is 2.35. The standard InChI is InChI=1S/C12H20N4O/c1-12(6-4-3-5-7-12)11(17)15-10-9(13)8-14-16(10)2/h8H,3-7,13H2,1-2H3,(H,15,17). The number of nitrogen functional groups attached to an aromatic ring is 1. The average molecular weight is 236 g/mol. The molecule has 0 aliphatic heterocycles. The minimum absolute atomic E-state index is 0.0625. The van der Waals surface area contributed by atoms with E-state index >= 15 is 0 Å². The Hall–Kier alpha value is -1.52. The van der Waals surface area contributed by atoms with Gasteiger partial charge in [-0.2, -0.15) is 5.10 Å². The Morgan fingerprint density at radius 2 is 2.12 bits per heavy atom. The summed E-state index contributed by atoms with van der Waals surface area (Å²) >= 11 is 0. The van der Waals surface area contributed by atoms with Crippen molar-refractivity contribution >= 4 is 17.4 Å². The zero-order valence-corrected chi connectivity index (χ0v) is 10.5. The largest absolute Gasteiger partial charge is 0.394 e. The van der Waals surface area contributed by atoms with Crippen molar-refractivity contribution in [2.45, 2.75) is 39.0 Å². The summed E-state index contributed by atoms with van der Waals surface area (Å²) < 4.78 is 1.60. The molecule has 2 rings (SSSR count). The molecule has 3 N–H and O–H groups in total. The molecule has 0 bridgehead atoms. The number of rotatable bonds is 2. The fraction of sp³-hybridized carbons (Fsp3) is 0.667. The van der Waals surface area contributed by atoms with Crippen LogP contribution in [-0.4, -0.2) is 15.7 Å². The predicted octanol–water partition coefficient (Wildman–Crippen LogP) is 1.91. The van der Waals surface area contributed by atoms with Gasteiger partial charge in [0.05, 0.1) is 11.9 Å². The van der Waals surface area contributed by atoms with E-state index in [4.69, 9.17) is 5.73 Å². The van der Waals surface area contributed by atoms with Gasteiger partial charge in [-0.15, -0.1) is 0 Å². The summed E-state index contributed by atoms with van der Waals surface area (Å²) in [6.07, 6.45) is 6.96. The summed E-state index contributed by atoms with van der Waals surface area (Å²) in [6.45, 7) is 2.04. The van der Waals surface area contributed by atoms with Crippen LogP contribution in [0.5, 0.6) is 0 Å². The highest BCUT2D eigenvalue weighted by atomic mass is 16.2. The van der Waals surface area contributed by atoms with Crippen molar-refractivity contribution in [1.82, 2.24) is 9.78 Å². The third-order valence-electron chi connectivity index (χ3n) is 3.70. The Morgan fingerprint density at radius 1 is 1.47 bits per heavy atom. The van der Waals surface area contributed by atoms with E-state index in [0.717, 1.165) is 25.7 Å². The molecule has 5 heteroatoms. The van der Waals surface area contributed by atoms with Crippen LogP contribution < -0.4 is 11.1 Å². The summed E-state index contributed by atoms with van der Waals surface area (Å²) in [5.74, 6) is 0.661. The van der Waals surface area contributed by atoms with Crippen LogP contribution in [0.2, 0.25) is 0 Å². The second-order valence-corrected chi connectivity index (χ2v) is 5.15. The summed E-state index contributed by atoms with van der Waals surface area (Å²) in [7, 11) is 1.77. The number of amides is 1. The molecule has 5 nitrogen and oxygen atoms in total. The number of hydrogen-bond acceptors (Lipinski definition) is 3. The minimum atomic E-state index is -0.255. The molecule has 1 fully saturated rings. The lowest BCUT2D eigenvalue weighted by Crippen LogP contribution is -2.36. The van der Waals surface area contributed by atoms with Crippen LogP contribution in [0.15, 0.2) is 6.20 Å². The normalized spacial score (nSPS) is 18.9. The molecule has 0 spiro atoms. The van der Waals surface area contributed by atoms with Crippen LogP contribution in [0.1, 0.15) is 39.0 Å². The lowest BCUT2D eigenvalue weighted by Gasteiger charge is -2.31. The quantitative estimate of drug-likeness (QED) is 0.823. The van der Waals surface area contributed by atoms with E-state index in [1.54, 1.807) is 17.9 Å². The number of hydrogen-bond donors (Lipinski definition) is 2. The van der Waals surface area contributed by atoms with Gasteiger partial charge in [0.2, 0.25) is 5.91 Å². The Kier molecular flexibility index (Phi) is 3.09. The van der Waals surface area contributed by atoms with Gasteiger partial charge in [-0.05, 0) is 12.8 Å². The van der Waals surface area contributed by atoms with Crippen LogP contribution in [0, 0.1) is 5.41 Å². The Bertz CT molecular complexity index is 399. The van der Waals surface area contributed by atoms with Crippen LogP contribution in [0.4, 0.5) is 11.5 Å². The van der Waals surface area contributed by atoms with Gasteiger partial charge < -0.3 is 11.1 Å². The van der Waals surface area contributed by atoms with Crippen molar-refractivity contribution in [1.29, 1.82) is 0 Å². The zero-order valence-electron chi connectivity index (χ0n) is 10.5. The predicted molar refractivity (Wildman–Crippen MR) is 67.4 cm³/mol. The molecule has 0 aromatic carbocycles. The van der Waals surface area contributed by atoms with Crippen LogP contribution >= 0.6 is 0 Å². The van der Waals surface area contributed by atoms with Gasteiger partial charge in [0.25, 0.3) is 0 Å². The van der Waals surface area contributed by atoms with Crippen LogP contribution in [0.25, 0.3) is 0 Å². The van der Waals surface area contributed by atoms with Crippen molar-refractivity contribution in [3.8, 4) is 0 Å². The number of carbonyl (C=O) groups is 1. The van der Waals surface area contributed by atoms with Gasteiger partial charge in [-0.3, -0.25) is 9.48 Å². The summed E-state index contributed by atoms with van der Waals surface area (Å²) in [6, 6.07) is 0. The van der Waals surface area contributed by atoms with Gasteiger partial charge in [-0.25, -0.2) is 0 Å². The van der Waals surface area contributed by atoms with E-state index in [0.29, 0.717) is 11.5 Å². The highest BCUT2D eigenvalue weighted by Crippen LogP contribution is 2.37. The fourth-order valence-electron chi connectivity index (χ4n) is 2.43. The van der Waals surface area contributed by atoms with Crippen LogP contribution in [0.3, 0.4) is 0 Å². The topological polar surface area (TPSA) is 72.9 Å². The maximum Gasteiger partial charge on any atom is 0.231 e. The zero-order chi connectivity index (χ0) is 12.5. The highest BCUT2D eigenvalue weighted by molar-refractivity contribution is 5.96. The van der Waals surface area contributed by atoms with E-state index in [-0.39, 0.29) is 11.3 Å². The molecule has 1 aliphatic rings. The Morgan fingerprint density at radius 3 is 2.65 bits per heavy atom. The number of aryl methyl sites for hydroxylation is 1. The first-order valence-electron chi connectivity index (χ1n) is 6.12. The lowest BCUT2D eigenvalue weighted by atomic mass is 9.75. The molecule has 1 amide bonds. The summed E-state index contributed by atoms with van der Waals surface area (Å²) in [4.78, 5) is 12.3. The maximum absolute atomic E-state index is 12.3. The van der Waals surface area contributed by atoms with Gasteiger partial charge >= 0.3 is 0 Å². The van der Waals surface area contributed by atoms with Crippen molar-refractivity contribution in [3.05, 3.63) is 6.20 Å². The van der Waals surface area contributed by atoms with Gasteiger partial charge in [0, 0.05) is 12.5 Å². The molecule has 1 aromatic rings. The molecule has 1 aromatic heterocycles. The first kappa shape index (κ1) is 12.0. The average Bonchev–Trinajstić information content (AvgIpc) is 2.62. The SMILES string of the molecule is Cn1ncc(N)c1NC(=O)C1(C)CCCCC1. The van der Waals surface area contributed by atoms with Gasteiger partial charge in [0.15, 0.2) is 5.82 Å². The number of nitrogens with zero attached hydrogens (tertiary/aromatic N) is 2. The molecule has 0 radical (unpaired) electrons. The van der Waals surface area contributed by atoms with Crippen molar-refractivity contribution < 1.29 is 4.79 Å². The van der Waals surface area contributed by atoms with Crippen molar-refractivity contribution in [3.63, 3.8) is 0 Å². The van der Waals surface area contributed by atoms with E-state index in [2.05, 4.69) is 10.4 Å². The fourth-order valence-corrected chi connectivity index (χ4v) is 2.43. The molecular formula is C12H20N4O. The number of nitrogens with one attached hydrogen (secondary N) is 1. The summed E-state index contributed by atoms with van der Waals surface area (Å²) in [5, 5.41) is 6.92. The lowest BCUT2D eigenvalue weighted by molar-refractivity contribution is -0.126. The first-order valence-corrected chi connectivity index (χ1v) is 6.12. The Balaban J connectivity index is 2.11. The molecule has 0 unspecified atom stereocenters. The molecule has 0 saturated heterocycles. The van der Waals surface area contributed by atoms with E-state index < -0.39 is 0 Å². The third kappa shape index (κ3) is 2.28. The second kappa shape index (κ2) is 4.39. The number of anilines is 2. The van der Waals surface area contributed by atoms with Crippen molar-refractivity contribution in [2.24, 2.45) is 12.5 Å². The van der Waals surface area contributed by atoms with Crippen molar-refractivity contribution in [2.75, 3.05) is 11.1 Å². The number of aromatic nitrogens is 2. The maximum atomic E-state index is 12.3. The third-order valence-corrected chi connectivity index (χ3v) is 3.70. The Labute approximate surface area is 101 Å². The van der Waals surface area contributed by atoms with E-state index in [1.165, 1.54) is 6.42 Å². The minimum Gasteiger partial charge on any atom is -0.394 e. The monoisotopic (exact) mass is 236 g/mol. The molecule has 1 heterocycles. The summed E-state index contributed by atoms with van der Waals surface area (Å²) in [5.41, 5.74) is 6.02. The first-order chi connectivity index (χ1) is 8.03. The van der Waals surface area contributed by atoms with E-state index in [9.17, 15) is 4.79 Å². The smallest absolute Gasteiger partial charge is 0.231 e. The molecule has 1 saturated carbocycles.